The van der Waals surface area contributed by atoms with E-state index in [2.05, 4.69) is 38.4 Å². The Labute approximate surface area is 144 Å². The molecule has 6 nitrogen and oxygen atoms in total. The summed E-state index contributed by atoms with van der Waals surface area (Å²) in [5.41, 5.74) is 2.84. The number of hydrazone groups is 1. The Balaban J connectivity index is 2.66. The zero-order valence-electron chi connectivity index (χ0n) is 13.1. The van der Waals surface area contributed by atoms with Crippen molar-refractivity contribution in [2.24, 2.45) is 11.0 Å². The number of amides is 2. The number of halogens is 1. The fourth-order valence-corrected chi connectivity index (χ4v) is 1.87. The molecule has 0 bridgehead atoms. The highest BCUT2D eigenvalue weighted by atomic mass is 79.9. The highest BCUT2D eigenvalue weighted by Gasteiger charge is 2.12. The van der Waals surface area contributed by atoms with Crippen LogP contribution in [0.4, 0.5) is 0 Å². The lowest BCUT2D eigenvalue weighted by atomic mass is 10.2. The fraction of sp³-hybridized carbons (Fsp3) is 0.312. The molecular formula is C16H20BrN3O3. The molecular weight excluding hydrogens is 362 g/mol. The number of carbonyl (C=O) groups excluding carboxylic acids is 2. The van der Waals surface area contributed by atoms with Crippen LogP contribution in [0.3, 0.4) is 0 Å². The van der Waals surface area contributed by atoms with Crippen molar-refractivity contribution in [3.8, 4) is 5.75 Å². The van der Waals surface area contributed by atoms with Gasteiger partial charge in [0.15, 0.2) is 0 Å². The molecule has 0 spiro atoms. The Morgan fingerprint density at radius 3 is 2.78 bits per heavy atom. The minimum Gasteiger partial charge on any atom is -0.489 e. The molecule has 0 aliphatic rings. The van der Waals surface area contributed by atoms with E-state index in [0.29, 0.717) is 24.5 Å². The van der Waals surface area contributed by atoms with Gasteiger partial charge in [-0.15, -0.1) is 0 Å². The molecule has 1 aromatic rings. The molecule has 2 amide bonds. The van der Waals surface area contributed by atoms with Crippen molar-refractivity contribution in [2.45, 2.75) is 13.8 Å². The van der Waals surface area contributed by atoms with Gasteiger partial charge in [0.05, 0.1) is 6.21 Å². The van der Waals surface area contributed by atoms with Gasteiger partial charge in [0.2, 0.25) is 0 Å². The van der Waals surface area contributed by atoms with Crippen molar-refractivity contribution in [3.05, 3.63) is 40.9 Å². The lowest BCUT2D eigenvalue weighted by molar-refractivity contribution is -0.139. The lowest BCUT2D eigenvalue weighted by Gasteiger charge is -2.08. The van der Waals surface area contributed by atoms with E-state index in [1.165, 1.54) is 6.21 Å². The molecule has 1 rings (SSSR count). The van der Waals surface area contributed by atoms with E-state index in [-0.39, 0.29) is 5.92 Å². The third-order valence-electron chi connectivity index (χ3n) is 2.58. The number of carbonyl (C=O) groups is 2. The molecule has 0 aliphatic carbocycles. The predicted molar refractivity (Wildman–Crippen MR) is 93.4 cm³/mol. The van der Waals surface area contributed by atoms with Crippen LogP contribution >= 0.6 is 15.9 Å². The zero-order chi connectivity index (χ0) is 17.2. The van der Waals surface area contributed by atoms with Crippen LogP contribution in [0.25, 0.3) is 0 Å². The second-order valence-electron chi connectivity index (χ2n) is 5.08. The molecule has 0 saturated heterocycles. The van der Waals surface area contributed by atoms with Gasteiger partial charge in [0, 0.05) is 16.6 Å². The first-order chi connectivity index (χ1) is 10.9. The number of ether oxygens (including phenoxy) is 1. The van der Waals surface area contributed by atoms with E-state index in [9.17, 15) is 9.59 Å². The molecule has 1 aromatic carbocycles. The normalized spacial score (nSPS) is 10.6. The standard InChI is InChI=1S/C16H20BrN3O3/c1-4-7-23-14-6-5-13(17)8-12(14)10-19-20-16(22)15(21)18-9-11(2)3/h4-6,8,10-11H,1,7,9H2,2-3H3,(H,18,21)(H,20,22)/b19-10-. The molecule has 2 N–H and O–H groups in total. The molecule has 124 valence electrons. The van der Waals surface area contributed by atoms with Crippen molar-refractivity contribution in [2.75, 3.05) is 13.2 Å². The van der Waals surface area contributed by atoms with Crippen molar-refractivity contribution < 1.29 is 14.3 Å². The monoisotopic (exact) mass is 381 g/mol. The summed E-state index contributed by atoms with van der Waals surface area (Å²) in [4.78, 5) is 23.1. The lowest BCUT2D eigenvalue weighted by Crippen LogP contribution is -2.39. The minimum absolute atomic E-state index is 0.265. The number of nitrogens with zero attached hydrogens (tertiary/aromatic N) is 1. The molecule has 23 heavy (non-hydrogen) atoms. The highest BCUT2D eigenvalue weighted by Crippen LogP contribution is 2.21. The maximum atomic E-state index is 11.6. The van der Waals surface area contributed by atoms with Gasteiger partial charge < -0.3 is 10.1 Å². The number of nitrogens with one attached hydrogen (secondary N) is 2. The van der Waals surface area contributed by atoms with Crippen molar-refractivity contribution >= 4 is 34.0 Å². The average molecular weight is 382 g/mol. The Morgan fingerprint density at radius 1 is 1.39 bits per heavy atom. The Hall–Kier alpha value is -2.15. The van der Waals surface area contributed by atoms with Gasteiger partial charge in [-0.1, -0.05) is 42.4 Å². The molecule has 0 aromatic heterocycles. The van der Waals surface area contributed by atoms with Crippen LogP contribution in [0, 0.1) is 5.92 Å². The van der Waals surface area contributed by atoms with E-state index in [1.807, 2.05) is 19.9 Å². The summed E-state index contributed by atoms with van der Waals surface area (Å²) in [6.45, 7) is 8.25. The van der Waals surface area contributed by atoms with E-state index in [1.54, 1.807) is 18.2 Å². The van der Waals surface area contributed by atoms with Crippen molar-refractivity contribution in [1.29, 1.82) is 0 Å². The van der Waals surface area contributed by atoms with E-state index >= 15 is 0 Å². The summed E-state index contributed by atoms with van der Waals surface area (Å²) >= 11 is 3.35. The van der Waals surface area contributed by atoms with Crippen LogP contribution in [0.2, 0.25) is 0 Å². The van der Waals surface area contributed by atoms with Gasteiger partial charge in [-0.2, -0.15) is 5.10 Å². The number of hydrogen-bond acceptors (Lipinski definition) is 4. The van der Waals surface area contributed by atoms with Gasteiger partial charge in [-0.25, -0.2) is 5.43 Å². The van der Waals surface area contributed by atoms with E-state index in [0.717, 1.165) is 4.47 Å². The second kappa shape index (κ2) is 9.78. The maximum Gasteiger partial charge on any atom is 0.329 e. The molecule has 0 heterocycles. The summed E-state index contributed by atoms with van der Waals surface area (Å²) < 4.78 is 6.33. The molecule has 0 aliphatic heterocycles. The highest BCUT2D eigenvalue weighted by molar-refractivity contribution is 9.10. The quantitative estimate of drug-likeness (QED) is 0.329. The summed E-state index contributed by atoms with van der Waals surface area (Å²) in [6.07, 6.45) is 3.04. The molecule has 0 unspecified atom stereocenters. The van der Waals surface area contributed by atoms with Gasteiger partial charge in [0.25, 0.3) is 0 Å². The van der Waals surface area contributed by atoms with Crippen molar-refractivity contribution in [3.63, 3.8) is 0 Å². The van der Waals surface area contributed by atoms with Gasteiger partial charge in [-0.3, -0.25) is 9.59 Å². The first kappa shape index (κ1) is 18.9. The van der Waals surface area contributed by atoms with Crippen LogP contribution in [0.1, 0.15) is 19.4 Å². The second-order valence-corrected chi connectivity index (χ2v) is 6.00. The third kappa shape index (κ3) is 7.10. The van der Waals surface area contributed by atoms with Crippen LogP contribution < -0.4 is 15.5 Å². The fourth-order valence-electron chi connectivity index (χ4n) is 1.49. The van der Waals surface area contributed by atoms with Crippen LogP contribution in [-0.2, 0) is 9.59 Å². The largest absolute Gasteiger partial charge is 0.489 e. The topological polar surface area (TPSA) is 79.8 Å². The number of benzene rings is 1. The SMILES string of the molecule is C=CCOc1ccc(Br)cc1/C=N\NC(=O)C(=O)NCC(C)C. The van der Waals surface area contributed by atoms with Gasteiger partial charge in [0.1, 0.15) is 12.4 Å². The third-order valence-corrected chi connectivity index (χ3v) is 3.07. The summed E-state index contributed by atoms with van der Waals surface area (Å²) in [5.74, 6) is -0.671. The van der Waals surface area contributed by atoms with Gasteiger partial charge in [-0.05, 0) is 24.1 Å². The average Bonchev–Trinajstić information content (AvgIpc) is 2.51. The van der Waals surface area contributed by atoms with Crippen LogP contribution in [0.5, 0.6) is 5.75 Å². The predicted octanol–water partition coefficient (Wildman–Crippen LogP) is 2.24. The minimum atomic E-state index is -0.814. The number of rotatable bonds is 7. The smallest absolute Gasteiger partial charge is 0.329 e. The first-order valence-electron chi connectivity index (χ1n) is 7.08. The maximum absolute atomic E-state index is 11.6. The molecule has 0 radical (unpaired) electrons. The van der Waals surface area contributed by atoms with Crippen molar-refractivity contribution in [1.82, 2.24) is 10.7 Å². The molecule has 7 heteroatoms. The van der Waals surface area contributed by atoms with E-state index in [4.69, 9.17) is 4.74 Å². The molecule has 0 atom stereocenters. The zero-order valence-corrected chi connectivity index (χ0v) is 14.7. The van der Waals surface area contributed by atoms with E-state index < -0.39 is 11.8 Å². The molecule has 0 fully saturated rings. The molecule has 0 saturated carbocycles. The van der Waals surface area contributed by atoms with Gasteiger partial charge >= 0.3 is 11.8 Å². The summed E-state index contributed by atoms with van der Waals surface area (Å²) in [7, 11) is 0. The Morgan fingerprint density at radius 2 is 2.13 bits per heavy atom. The summed E-state index contributed by atoms with van der Waals surface area (Å²) in [5, 5.41) is 6.30. The Bertz CT molecular complexity index is 600. The van der Waals surface area contributed by atoms with Crippen LogP contribution in [0.15, 0.2) is 40.4 Å². The summed E-state index contributed by atoms with van der Waals surface area (Å²) in [6, 6.07) is 5.38. The Kier molecular flexibility index (Phi) is 8.04. The first-order valence-corrected chi connectivity index (χ1v) is 7.87. The number of hydrogen-bond donors (Lipinski definition) is 2. The van der Waals surface area contributed by atoms with Crippen LogP contribution in [-0.4, -0.2) is 31.2 Å².